The molecule has 1 fully saturated rings. The van der Waals surface area contributed by atoms with E-state index in [1.54, 1.807) is 0 Å². The highest BCUT2D eigenvalue weighted by Gasteiger charge is 2.24. The molecule has 2 atom stereocenters. The summed E-state index contributed by atoms with van der Waals surface area (Å²) in [6.45, 7) is 0.746. The topological polar surface area (TPSA) is 63.8 Å². The standard InChI is InChI=1S/C15H20N4/c16-9-11-5-2-4-8-14(11)18-15-13-7-3-1-6-12(13)10-17-19-15/h1,3,6-7,10-11,14H,2,4-5,8-9,16H2,(H,18,19). The average Bonchev–Trinajstić information content (AvgIpc) is 2.48. The maximum Gasteiger partial charge on any atom is 0.156 e. The van der Waals surface area contributed by atoms with Crippen molar-refractivity contribution < 1.29 is 0 Å². The van der Waals surface area contributed by atoms with E-state index in [1.165, 1.54) is 25.7 Å². The minimum Gasteiger partial charge on any atom is -0.365 e. The number of benzene rings is 1. The average molecular weight is 256 g/mol. The Hall–Kier alpha value is -1.68. The minimum atomic E-state index is 0.429. The second-order valence-electron chi connectivity index (χ2n) is 5.31. The largest absolute Gasteiger partial charge is 0.365 e. The lowest BCUT2D eigenvalue weighted by Crippen LogP contribution is -2.37. The zero-order valence-electron chi connectivity index (χ0n) is 11.0. The number of nitrogens with two attached hydrogens (primary N) is 1. The van der Waals surface area contributed by atoms with Crippen LogP contribution in [0.15, 0.2) is 30.5 Å². The first-order valence-electron chi connectivity index (χ1n) is 7.05. The van der Waals surface area contributed by atoms with Gasteiger partial charge < -0.3 is 11.1 Å². The van der Waals surface area contributed by atoms with Gasteiger partial charge in [-0.25, -0.2) is 0 Å². The highest BCUT2D eigenvalue weighted by Crippen LogP contribution is 2.28. The fourth-order valence-corrected chi connectivity index (χ4v) is 2.99. The molecule has 0 amide bonds. The maximum atomic E-state index is 5.88. The second kappa shape index (κ2) is 5.53. The summed E-state index contributed by atoms with van der Waals surface area (Å²) in [6, 6.07) is 8.65. The molecule has 2 unspecified atom stereocenters. The van der Waals surface area contributed by atoms with E-state index in [0.717, 1.165) is 23.1 Å². The van der Waals surface area contributed by atoms with E-state index in [0.29, 0.717) is 12.0 Å². The van der Waals surface area contributed by atoms with Crippen molar-refractivity contribution in [1.29, 1.82) is 0 Å². The van der Waals surface area contributed by atoms with E-state index >= 15 is 0 Å². The van der Waals surface area contributed by atoms with E-state index in [4.69, 9.17) is 5.73 Å². The zero-order valence-corrected chi connectivity index (χ0v) is 11.0. The summed E-state index contributed by atoms with van der Waals surface area (Å²) in [4.78, 5) is 0. The third kappa shape index (κ3) is 2.54. The second-order valence-corrected chi connectivity index (χ2v) is 5.31. The molecule has 100 valence electrons. The predicted molar refractivity (Wildman–Crippen MR) is 78.0 cm³/mol. The molecule has 0 bridgehead atoms. The first-order chi connectivity index (χ1) is 9.38. The highest BCUT2D eigenvalue weighted by atomic mass is 15.2. The van der Waals surface area contributed by atoms with Gasteiger partial charge >= 0.3 is 0 Å². The number of fused-ring (bicyclic) bond motifs is 1. The number of nitrogens with one attached hydrogen (secondary N) is 1. The van der Waals surface area contributed by atoms with Crippen molar-refractivity contribution in [2.24, 2.45) is 11.7 Å². The molecule has 0 aliphatic heterocycles. The molecule has 1 aliphatic carbocycles. The van der Waals surface area contributed by atoms with Crippen LogP contribution in [0.3, 0.4) is 0 Å². The summed E-state index contributed by atoms with van der Waals surface area (Å²) in [5.74, 6) is 1.44. The highest BCUT2D eigenvalue weighted by molar-refractivity contribution is 5.90. The molecule has 1 aromatic heterocycles. The lowest BCUT2D eigenvalue weighted by Gasteiger charge is -2.31. The molecule has 3 rings (SSSR count). The summed E-state index contributed by atoms with van der Waals surface area (Å²) < 4.78 is 0. The molecule has 19 heavy (non-hydrogen) atoms. The Labute approximate surface area is 113 Å². The molecular formula is C15H20N4. The summed E-state index contributed by atoms with van der Waals surface area (Å²) in [5, 5.41) is 14.2. The van der Waals surface area contributed by atoms with Crippen LogP contribution in [0, 0.1) is 5.92 Å². The Bertz CT molecular complexity index is 549. The lowest BCUT2D eigenvalue weighted by atomic mass is 9.84. The maximum absolute atomic E-state index is 5.88. The van der Waals surface area contributed by atoms with Gasteiger partial charge in [0.1, 0.15) is 0 Å². The van der Waals surface area contributed by atoms with Crippen LogP contribution < -0.4 is 11.1 Å². The molecular weight excluding hydrogens is 236 g/mol. The molecule has 3 N–H and O–H groups in total. The van der Waals surface area contributed by atoms with Crippen molar-refractivity contribution in [3.8, 4) is 0 Å². The Morgan fingerprint density at radius 2 is 2.05 bits per heavy atom. The minimum absolute atomic E-state index is 0.429. The van der Waals surface area contributed by atoms with Crippen LogP contribution in [-0.4, -0.2) is 22.8 Å². The molecule has 0 radical (unpaired) electrons. The van der Waals surface area contributed by atoms with Gasteiger partial charge in [0.25, 0.3) is 0 Å². The van der Waals surface area contributed by atoms with Gasteiger partial charge in [0.2, 0.25) is 0 Å². The van der Waals surface area contributed by atoms with E-state index < -0.39 is 0 Å². The van der Waals surface area contributed by atoms with Crippen molar-refractivity contribution in [3.05, 3.63) is 30.5 Å². The van der Waals surface area contributed by atoms with Crippen LogP contribution in [0.1, 0.15) is 25.7 Å². The summed E-state index contributed by atoms with van der Waals surface area (Å²) in [7, 11) is 0. The summed E-state index contributed by atoms with van der Waals surface area (Å²) in [6.07, 6.45) is 6.76. The van der Waals surface area contributed by atoms with Gasteiger partial charge in [-0.05, 0) is 25.3 Å². The van der Waals surface area contributed by atoms with Gasteiger partial charge in [-0.1, -0.05) is 37.1 Å². The van der Waals surface area contributed by atoms with Crippen molar-refractivity contribution in [2.75, 3.05) is 11.9 Å². The third-order valence-electron chi connectivity index (χ3n) is 4.10. The van der Waals surface area contributed by atoms with Crippen LogP contribution in [0.2, 0.25) is 0 Å². The molecule has 1 heterocycles. The Morgan fingerprint density at radius 3 is 2.95 bits per heavy atom. The predicted octanol–water partition coefficient (Wildman–Crippen LogP) is 2.56. The lowest BCUT2D eigenvalue weighted by molar-refractivity contribution is 0.332. The van der Waals surface area contributed by atoms with Gasteiger partial charge in [-0.3, -0.25) is 0 Å². The summed E-state index contributed by atoms with van der Waals surface area (Å²) >= 11 is 0. The Kier molecular flexibility index (Phi) is 3.60. The van der Waals surface area contributed by atoms with Crippen molar-refractivity contribution in [3.63, 3.8) is 0 Å². The van der Waals surface area contributed by atoms with E-state index in [1.807, 2.05) is 18.3 Å². The van der Waals surface area contributed by atoms with E-state index in [9.17, 15) is 0 Å². The molecule has 4 nitrogen and oxygen atoms in total. The third-order valence-corrected chi connectivity index (χ3v) is 4.10. The quantitative estimate of drug-likeness (QED) is 0.886. The fourth-order valence-electron chi connectivity index (χ4n) is 2.99. The molecule has 0 saturated heterocycles. The van der Waals surface area contributed by atoms with Gasteiger partial charge in [0.15, 0.2) is 5.82 Å². The van der Waals surface area contributed by atoms with Gasteiger partial charge in [-0.2, -0.15) is 5.10 Å². The molecule has 0 spiro atoms. The van der Waals surface area contributed by atoms with Gasteiger partial charge in [0, 0.05) is 16.8 Å². The van der Waals surface area contributed by atoms with Gasteiger partial charge in [0.05, 0.1) is 6.20 Å². The van der Waals surface area contributed by atoms with Crippen molar-refractivity contribution in [2.45, 2.75) is 31.7 Å². The Morgan fingerprint density at radius 1 is 1.21 bits per heavy atom. The molecule has 1 aliphatic rings. The molecule has 1 aromatic carbocycles. The van der Waals surface area contributed by atoms with Crippen molar-refractivity contribution in [1.82, 2.24) is 10.2 Å². The first-order valence-corrected chi connectivity index (χ1v) is 7.05. The number of rotatable bonds is 3. The SMILES string of the molecule is NCC1CCCCC1Nc1nncc2ccccc12. The normalized spacial score (nSPS) is 23.4. The number of hydrogen-bond donors (Lipinski definition) is 2. The monoisotopic (exact) mass is 256 g/mol. The van der Waals surface area contributed by atoms with Crippen LogP contribution in [0.4, 0.5) is 5.82 Å². The number of aromatic nitrogens is 2. The number of nitrogens with zero attached hydrogens (tertiary/aromatic N) is 2. The van der Waals surface area contributed by atoms with E-state index in [2.05, 4.69) is 27.6 Å². The van der Waals surface area contributed by atoms with Gasteiger partial charge in [-0.15, -0.1) is 5.10 Å². The molecule has 4 heteroatoms. The molecule has 2 aromatic rings. The van der Waals surface area contributed by atoms with E-state index in [-0.39, 0.29) is 0 Å². The first kappa shape index (κ1) is 12.4. The Balaban J connectivity index is 1.88. The van der Waals surface area contributed by atoms with Crippen molar-refractivity contribution >= 4 is 16.6 Å². The molecule has 1 saturated carbocycles. The number of anilines is 1. The van der Waals surface area contributed by atoms with Crippen LogP contribution in [0.5, 0.6) is 0 Å². The van der Waals surface area contributed by atoms with Crippen LogP contribution in [-0.2, 0) is 0 Å². The van der Waals surface area contributed by atoms with Crippen LogP contribution in [0.25, 0.3) is 10.8 Å². The fraction of sp³-hybridized carbons (Fsp3) is 0.467. The smallest absolute Gasteiger partial charge is 0.156 e. The summed E-state index contributed by atoms with van der Waals surface area (Å²) in [5.41, 5.74) is 5.88. The van der Waals surface area contributed by atoms with Crippen LogP contribution >= 0.6 is 0 Å². The number of hydrogen-bond acceptors (Lipinski definition) is 4. The zero-order chi connectivity index (χ0) is 13.1.